The summed E-state index contributed by atoms with van der Waals surface area (Å²) in [6.45, 7) is 29.6. The quantitative estimate of drug-likeness (QED) is 0.106. The normalized spacial score (nSPS) is 37.0. The number of nitrogens with one attached hydrogen (secondary N) is 2. The van der Waals surface area contributed by atoms with E-state index in [9.17, 15) is 19.8 Å². The SMILES string of the molecule is C=C(C)C1C(=O)c2c3c(cc4c5c(n1c24)C1(C)C(CCC2C(C)(/C=C/C=C(\C)C(=O)NNC(C)(C)C)C(O)CCC21C)C5)C1=CC(C)(C)OC(C)(C)C1C3O. The second kappa shape index (κ2) is 11.9. The van der Waals surface area contributed by atoms with Crippen molar-refractivity contribution < 1.29 is 24.5 Å². The molecule has 1 aromatic carbocycles. The summed E-state index contributed by atoms with van der Waals surface area (Å²) >= 11 is 0. The summed E-state index contributed by atoms with van der Waals surface area (Å²) < 4.78 is 8.91. The number of fused-ring (bicyclic) bond motifs is 11. The van der Waals surface area contributed by atoms with Crippen LogP contribution >= 0.6 is 0 Å². The predicted molar refractivity (Wildman–Crippen MR) is 218 cm³/mol. The molecule has 2 aliphatic heterocycles. The molecular formula is C47H63N3O5. The zero-order valence-corrected chi connectivity index (χ0v) is 35.2. The predicted octanol–water partition coefficient (Wildman–Crippen LogP) is 8.52. The fourth-order valence-electron chi connectivity index (χ4n) is 12.9. The van der Waals surface area contributed by atoms with Crippen molar-refractivity contribution in [3.05, 3.63) is 76.0 Å². The van der Waals surface area contributed by atoms with Crippen LogP contribution in [0, 0.1) is 28.6 Å². The van der Waals surface area contributed by atoms with Gasteiger partial charge >= 0.3 is 0 Å². The van der Waals surface area contributed by atoms with Gasteiger partial charge in [0, 0.05) is 44.5 Å². The minimum absolute atomic E-state index is 0.0312. The maximum atomic E-state index is 14.9. The van der Waals surface area contributed by atoms with Crippen molar-refractivity contribution >= 4 is 28.2 Å². The number of hydrazine groups is 1. The van der Waals surface area contributed by atoms with E-state index in [1.165, 1.54) is 11.3 Å². The Bertz CT molecular complexity index is 2160. The largest absolute Gasteiger partial charge is 0.392 e. The maximum absolute atomic E-state index is 14.9. The third-order valence-corrected chi connectivity index (χ3v) is 15.3. The van der Waals surface area contributed by atoms with Crippen molar-refractivity contribution in [2.24, 2.45) is 28.6 Å². The van der Waals surface area contributed by atoms with E-state index in [1.807, 2.05) is 46.8 Å². The third kappa shape index (κ3) is 5.16. The van der Waals surface area contributed by atoms with Crippen molar-refractivity contribution in [3.63, 3.8) is 0 Å². The first-order valence-corrected chi connectivity index (χ1v) is 20.6. The molecule has 8 nitrogen and oxygen atoms in total. The lowest BCUT2D eigenvalue weighted by Gasteiger charge is -2.64. The van der Waals surface area contributed by atoms with Gasteiger partial charge < -0.3 is 19.5 Å². The molecule has 8 heteroatoms. The number of hydrogen-bond donors (Lipinski definition) is 4. The van der Waals surface area contributed by atoms with Gasteiger partial charge in [0.05, 0.1) is 34.5 Å². The topological polar surface area (TPSA) is 113 Å². The standard InChI is InChI=1S/C47H63N3O5/c1-24(2)36-39(53)34-33-27(30-23-43(7,8)55-44(9,10)35(30)38(33)52)22-28-29-21-26-16-17-31-45(11,19-14-15-25(3)41(54)48-49-42(4,5)6)32(51)18-20-46(31,12)47(26,13)40(29)50(36)37(28)34/h14-15,19,22-23,26,31-32,35-36,38,49,51-52H,1,16-18,20-21H2,2-13H3,(H,48,54)/b19-14+,25-15+. The Morgan fingerprint density at radius 2 is 1.75 bits per heavy atom. The first-order valence-electron chi connectivity index (χ1n) is 20.6. The number of aliphatic hydroxyl groups is 2. The molecule has 1 aromatic heterocycles. The van der Waals surface area contributed by atoms with E-state index in [2.05, 4.69) is 88.7 Å². The van der Waals surface area contributed by atoms with Crippen molar-refractivity contribution in [2.75, 3.05) is 0 Å². The molecule has 0 spiro atoms. The van der Waals surface area contributed by atoms with Crippen LogP contribution in [0.3, 0.4) is 0 Å². The molecule has 0 bridgehead atoms. The molecule has 2 saturated carbocycles. The summed E-state index contributed by atoms with van der Waals surface area (Å²) in [6.07, 6.45) is 11.3. The molecule has 1 amide bonds. The molecule has 0 saturated heterocycles. The number of allylic oxidation sites excluding steroid dienone is 3. The van der Waals surface area contributed by atoms with E-state index in [1.54, 1.807) is 0 Å². The molecule has 296 valence electrons. The Morgan fingerprint density at radius 1 is 1.05 bits per heavy atom. The van der Waals surface area contributed by atoms with E-state index in [4.69, 9.17) is 4.74 Å². The lowest BCUT2D eigenvalue weighted by Crippen LogP contribution is -2.62. The number of aromatic nitrogens is 1. The fraction of sp³-hybridized carbons (Fsp3) is 0.617. The van der Waals surface area contributed by atoms with Gasteiger partial charge in [-0.3, -0.25) is 15.0 Å². The molecule has 2 fully saturated rings. The lowest BCUT2D eigenvalue weighted by molar-refractivity contribution is -0.144. The first-order chi connectivity index (χ1) is 25.4. The highest BCUT2D eigenvalue weighted by atomic mass is 16.5. The van der Waals surface area contributed by atoms with Gasteiger partial charge in [-0.25, -0.2) is 5.43 Å². The number of Topliss-reactive ketones (excluding diaryl/α,β-unsaturated/α-hetero) is 1. The average molecular weight is 750 g/mol. The minimum atomic E-state index is -0.858. The summed E-state index contributed by atoms with van der Waals surface area (Å²) in [5.74, 6) is 0.118. The Hall–Kier alpha value is -3.30. The van der Waals surface area contributed by atoms with Crippen LogP contribution in [0.4, 0.5) is 0 Å². The van der Waals surface area contributed by atoms with Gasteiger partial charge in [-0.05, 0) is 141 Å². The Kier molecular flexibility index (Phi) is 8.33. The van der Waals surface area contributed by atoms with Crippen molar-refractivity contribution in [1.29, 1.82) is 0 Å². The van der Waals surface area contributed by atoms with Gasteiger partial charge in [-0.2, -0.15) is 0 Å². The van der Waals surface area contributed by atoms with E-state index in [0.29, 0.717) is 23.5 Å². The average Bonchev–Trinajstić information content (AvgIpc) is 3.74. The molecule has 0 radical (unpaired) electrons. The number of hydrogen-bond acceptors (Lipinski definition) is 6. The highest BCUT2D eigenvalue weighted by Crippen LogP contribution is 2.71. The Labute approximate surface area is 327 Å². The van der Waals surface area contributed by atoms with Gasteiger partial charge in [0.1, 0.15) is 6.04 Å². The van der Waals surface area contributed by atoms with Crippen LogP contribution in [0.1, 0.15) is 154 Å². The van der Waals surface area contributed by atoms with Gasteiger partial charge in [0.15, 0.2) is 5.78 Å². The molecule has 9 unspecified atom stereocenters. The molecular weight excluding hydrogens is 687 g/mol. The molecule has 8 rings (SSSR count). The smallest absolute Gasteiger partial charge is 0.261 e. The number of carbonyl (C=O) groups excluding carboxylic acids is 2. The summed E-state index contributed by atoms with van der Waals surface area (Å²) in [5.41, 5.74) is 11.9. The highest BCUT2D eigenvalue weighted by Gasteiger charge is 2.67. The van der Waals surface area contributed by atoms with Gasteiger partial charge in [0.2, 0.25) is 0 Å². The van der Waals surface area contributed by atoms with E-state index < -0.39 is 34.9 Å². The second-order valence-electron chi connectivity index (χ2n) is 20.9. The Morgan fingerprint density at radius 3 is 2.40 bits per heavy atom. The number of rotatable bonds is 5. The van der Waals surface area contributed by atoms with E-state index in [0.717, 1.165) is 58.9 Å². The number of benzene rings is 1. The summed E-state index contributed by atoms with van der Waals surface area (Å²) in [7, 11) is 0. The van der Waals surface area contributed by atoms with E-state index in [-0.39, 0.29) is 39.9 Å². The second-order valence-corrected chi connectivity index (χ2v) is 20.9. The summed E-state index contributed by atoms with van der Waals surface area (Å²) in [5, 5.41) is 25.2. The van der Waals surface area contributed by atoms with Crippen LogP contribution in [0.2, 0.25) is 0 Å². The molecule has 3 heterocycles. The monoisotopic (exact) mass is 749 g/mol. The van der Waals surface area contributed by atoms with Crippen LogP contribution in [0.5, 0.6) is 0 Å². The number of ether oxygens (including phenoxy) is 1. The number of aliphatic hydroxyl groups excluding tert-OH is 2. The fourth-order valence-corrected chi connectivity index (χ4v) is 12.9. The van der Waals surface area contributed by atoms with Crippen LogP contribution in [-0.4, -0.2) is 49.3 Å². The molecule has 4 aliphatic carbocycles. The van der Waals surface area contributed by atoms with Crippen molar-refractivity contribution in [2.45, 2.75) is 156 Å². The number of nitrogens with zero attached hydrogens (tertiary/aromatic N) is 1. The zero-order valence-electron chi connectivity index (χ0n) is 35.2. The number of amides is 1. The zero-order chi connectivity index (χ0) is 40.2. The number of ketones is 1. The lowest BCUT2D eigenvalue weighted by atomic mass is 9.40. The van der Waals surface area contributed by atoms with Gasteiger partial charge in [-0.1, -0.05) is 51.2 Å². The van der Waals surface area contributed by atoms with Gasteiger partial charge in [-0.15, -0.1) is 0 Å². The molecule has 55 heavy (non-hydrogen) atoms. The Balaban J connectivity index is 1.27. The first kappa shape index (κ1) is 38.6. The molecule has 6 aliphatic rings. The van der Waals surface area contributed by atoms with Crippen LogP contribution in [0.25, 0.3) is 16.5 Å². The maximum Gasteiger partial charge on any atom is 0.261 e. The van der Waals surface area contributed by atoms with Crippen LogP contribution < -0.4 is 10.9 Å². The molecule has 9 atom stereocenters. The van der Waals surface area contributed by atoms with Crippen molar-refractivity contribution in [1.82, 2.24) is 15.4 Å². The number of carbonyl (C=O) groups is 2. The van der Waals surface area contributed by atoms with Crippen LogP contribution in [-0.2, 0) is 21.4 Å². The highest BCUT2D eigenvalue weighted by molar-refractivity contribution is 6.18. The minimum Gasteiger partial charge on any atom is -0.392 e. The summed E-state index contributed by atoms with van der Waals surface area (Å²) in [6, 6.07) is 1.77. The van der Waals surface area contributed by atoms with Crippen molar-refractivity contribution in [3.8, 4) is 0 Å². The summed E-state index contributed by atoms with van der Waals surface area (Å²) in [4.78, 5) is 27.8. The molecule has 4 N–H and O–H groups in total. The van der Waals surface area contributed by atoms with Crippen LogP contribution in [0.15, 0.2) is 48.1 Å². The van der Waals surface area contributed by atoms with Gasteiger partial charge in [0.25, 0.3) is 5.91 Å². The molecule has 2 aromatic rings. The van der Waals surface area contributed by atoms with E-state index >= 15 is 0 Å². The third-order valence-electron chi connectivity index (χ3n) is 15.3.